The summed E-state index contributed by atoms with van der Waals surface area (Å²) < 4.78 is 11.0. The second kappa shape index (κ2) is 6.50. The number of nitrogens with zero attached hydrogens (tertiary/aromatic N) is 1. The zero-order valence-electron chi connectivity index (χ0n) is 11.2. The number of likely N-dealkylation sites (tertiary alicyclic amines) is 1. The highest BCUT2D eigenvalue weighted by Crippen LogP contribution is 2.23. The fraction of sp³-hybridized carbons (Fsp3) is 0.500. The zero-order chi connectivity index (χ0) is 13.8. The molecule has 1 unspecified atom stereocenters. The molecule has 0 amide bonds. The second-order valence-electron chi connectivity index (χ2n) is 4.68. The number of hydrogen-bond acceptors (Lipinski definition) is 4. The highest BCUT2D eigenvalue weighted by molar-refractivity contribution is 9.10. The van der Waals surface area contributed by atoms with Crippen LogP contribution in [0.1, 0.15) is 22.3 Å². The molecule has 0 bridgehead atoms. The lowest BCUT2D eigenvalue weighted by Crippen LogP contribution is -2.22. The van der Waals surface area contributed by atoms with E-state index in [0.717, 1.165) is 30.5 Å². The molecule has 0 aromatic heterocycles. The van der Waals surface area contributed by atoms with Gasteiger partial charge in [-0.3, -0.25) is 4.90 Å². The van der Waals surface area contributed by atoms with Gasteiger partial charge in [-0.2, -0.15) is 0 Å². The van der Waals surface area contributed by atoms with Crippen molar-refractivity contribution < 1.29 is 14.3 Å². The normalized spacial score (nSPS) is 19.6. The molecule has 0 N–H and O–H groups in total. The minimum absolute atomic E-state index is 0.312. The molecular weight excluding hydrogens is 310 g/mol. The predicted octanol–water partition coefficient (Wildman–Crippen LogP) is 2.46. The Bertz CT molecular complexity index is 464. The zero-order valence-corrected chi connectivity index (χ0v) is 12.8. The molecule has 19 heavy (non-hydrogen) atoms. The van der Waals surface area contributed by atoms with Crippen LogP contribution in [0.3, 0.4) is 0 Å². The maximum Gasteiger partial charge on any atom is 0.337 e. The Morgan fingerprint density at radius 3 is 2.84 bits per heavy atom. The summed E-state index contributed by atoms with van der Waals surface area (Å²) in [7, 11) is 3.15. The van der Waals surface area contributed by atoms with Gasteiger partial charge in [0.25, 0.3) is 0 Å². The van der Waals surface area contributed by atoms with Crippen LogP contribution in [0.15, 0.2) is 22.7 Å². The second-order valence-corrected chi connectivity index (χ2v) is 5.53. The van der Waals surface area contributed by atoms with E-state index in [-0.39, 0.29) is 5.97 Å². The summed E-state index contributed by atoms with van der Waals surface area (Å²) in [5, 5.41) is 0. The minimum Gasteiger partial charge on any atom is -0.465 e. The van der Waals surface area contributed by atoms with Crippen molar-refractivity contribution in [3.63, 3.8) is 0 Å². The molecule has 1 aromatic rings. The predicted molar refractivity (Wildman–Crippen MR) is 76.2 cm³/mol. The largest absolute Gasteiger partial charge is 0.465 e. The van der Waals surface area contributed by atoms with Gasteiger partial charge >= 0.3 is 5.97 Å². The van der Waals surface area contributed by atoms with E-state index in [1.54, 1.807) is 13.2 Å². The van der Waals surface area contributed by atoms with Crippen LogP contribution in [0.5, 0.6) is 0 Å². The number of rotatable bonds is 4. The third-order valence-corrected chi connectivity index (χ3v) is 4.17. The lowest BCUT2D eigenvalue weighted by molar-refractivity contribution is 0.0600. The number of hydrogen-bond donors (Lipinski definition) is 0. The van der Waals surface area contributed by atoms with E-state index in [0.29, 0.717) is 11.7 Å². The Kier molecular flexibility index (Phi) is 4.96. The summed E-state index contributed by atoms with van der Waals surface area (Å²) in [6.07, 6.45) is 1.42. The van der Waals surface area contributed by atoms with E-state index >= 15 is 0 Å². The molecule has 1 saturated heterocycles. The van der Waals surface area contributed by atoms with E-state index in [1.165, 1.54) is 12.7 Å². The third-order valence-electron chi connectivity index (χ3n) is 3.43. The topological polar surface area (TPSA) is 38.8 Å². The van der Waals surface area contributed by atoms with Gasteiger partial charge in [0.05, 0.1) is 18.8 Å². The molecule has 0 aliphatic carbocycles. The molecule has 1 aliphatic rings. The molecule has 1 heterocycles. The van der Waals surface area contributed by atoms with Gasteiger partial charge < -0.3 is 9.47 Å². The number of esters is 1. The number of benzene rings is 1. The highest BCUT2D eigenvalue weighted by Gasteiger charge is 2.22. The van der Waals surface area contributed by atoms with Gasteiger partial charge in [-0.25, -0.2) is 4.79 Å². The van der Waals surface area contributed by atoms with Gasteiger partial charge in [0.1, 0.15) is 0 Å². The van der Waals surface area contributed by atoms with Crippen molar-refractivity contribution in [3.05, 3.63) is 33.8 Å². The highest BCUT2D eigenvalue weighted by atomic mass is 79.9. The SMILES string of the molecule is COC(=O)c1ccc(CN2CCC(OC)C2)c(Br)c1. The van der Waals surface area contributed by atoms with Gasteiger partial charge in [0.15, 0.2) is 0 Å². The summed E-state index contributed by atoms with van der Waals surface area (Å²) in [6.45, 7) is 2.87. The molecule has 1 fully saturated rings. The van der Waals surface area contributed by atoms with Crippen molar-refractivity contribution in [2.75, 3.05) is 27.3 Å². The molecular formula is C14H18BrNO3. The Hall–Kier alpha value is -0.910. The maximum absolute atomic E-state index is 11.4. The summed E-state index contributed by atoms with van der Waals surface area (Å²) in [5.74, 6) is -0.312. The molecule has 4 nitrogen and oxygen atoms in total. The smallest absolute Gasteiger partial charge is 0.337 e. The molecule has 1 aliphatic heterocycles. The number of methoxy groups -OCH3 is 2. The van der Waals surface area contributed by atoms with E-state index in [9.17, 15) is 4.79 Å². The van der Waals surface area contributed by atoms with E-state index in [4.69, 9.17) is 9.47 Å². The summed E-state index contributed by atoms with van der Waals surface area (Å²) in [6, 6.07) is 5.58. The van der Waals surface area contributed by atoms with Crippen LogP contribution in [-0.4, -0.2) is 44.3 Å². The van der Waals surface area contributed by atoms with E-state index < -0.39 is 0 Å². The van der Waals surface area contributed by atoms with Crippen molar-refractivity contribution in [1.29, 1.82) is 0 Å². The van der Waals surface area contributed by atoms with Crippen LogP contribution in [0, 0.1) is 0 Å². The molecule has 1 atom stereocenters. The van der Waals surface area contributed by atoms with Gasteiger partial charge in [0.2, 0.25) is 0 Å². The first kappa shape index (κ1) is 14.5. The van der Waals surface area contributed by atoms with Crippen molar-refractivity contribution in [1.82, 2.24) is 4.90 Å². The molecule has 5 heteroatoms. The number of carbonyl (C=O) groups is 1. The van der Waals surface area contributed by atoms with Crippen LogP contribution in [0.2, 0.25) is 0 Å². The summed E-state index contributed by atoms with van der Waals surface area (Å²) >= 11 is 3.52. The monoisotopic (exact) mass is 327 g/mol. The van der Waals surface area contributed by atoms with E-state index in [2.05, 4.69) is 20.8 Å². The molecule has 0 radical (unpaired) electrons. The van der Waals surface area contributed by atoms with Crippen LogP contribution in [-0.2, 0) is 16.0 Å². The third kappa shape index (κ3) is 3.55. The summed E-state index contributed by atoms with van der Waals surface area (Å²) in [4.78, 5) is 13.8. The van der Waals surface area contributed by atoms with E-state index in [1.807, 2.05) is 12.1 Å². The van der Waals surface area contributed by atoms with Crippen molar-refractivity contribution in [2.45, 2.75) is 19.1 Å². The number of carbonyl (C=O) groups excluding carboxylic acids is 1. The van der Waals surface area contributed by atoms with Gasteiger partial charge in [0, 0.05) is 31.2 Å². The number of ether oxygens (including phenoxy) is 2. The first-order chi connectivity index (χ1) is 9.13. The van der Waals surface area contributed by atoms with Gasteiger partial charge in [-0.05, 0) is 24.1 Å². The average Bonchev–Trinajstić information content (AvgIpc) is 2.88. The minimum atomic E-state index is -0.312. The molecule has 1 aromatic carbocycles. The molecule has 0 saturated carbocycles. The fourth-order valence-corrected chi connectivity index (χ4v) is 2.80. The number of halogens is 1. The van der Waals surface area contributed by atoms with Crippen LogP contribution >= 0.6 is 15.9 Å². The Labute approximate surface area is 121 Å². The van der Waals surface area contributed by atoms with Crippen LogP contribution < -0.4 is 0 Å². The fourth-order valence-electron chi connectivity index (χ4n) is 2.29. The standard InChI is InChI=1S/C14H18BrNO3/c1-18-12-5-6-16(9-12)8-11-4-3-10(7-13(11)15)14(17)19-2/h3-4,7,12H,5-6,8-9H2,1-2H3. The average molecular weight is 328 g/mol. The maximum atomic E-state index is 11.4. The first-order valence-electron chi connectivity index (χ1n) is 6.26. The lowest BCUT2D eigenvalue weighted by Gasteiger charge is -2.17. The summed E-state index contributed by atoms with van der Waals surface area (Å²) in [5.41, 5.74) is 1.73. The van der Waals surface area contributed by atoms with Crippen LogP contribution in [0.4, 0.5) is 0 Å². The lowest BCUT2D eigenvalue weighted by atomic mass is 10.1. The Morgan fingerprint density at radius 2 is 2.26 bits per heavy atom. The molecule has 0 spiro atoms. The Morgan fingerprint density at radius 1 is 1.47 bits per heavy atom. The first-order valence-corrected chi connectivity index (χ1v) is 7.05. The van der Waals surface area contributed by atoms with Crippen molar-refractivity contribution in [2.24, 2.45) is 0 Å². The van der Waals surface area contributed by atoms with Gasteiger partial charge in [-0.15, -0.1) is 0 Å². The van der Waals surface area contributed by atoms with Crippen molar-refractivity contribution >= 4 is 21.9 Å². The van der Waals surface area contributed by atoms with Crippen molar-refractivity contribution in [3.8, 4) is 0 Å². The molecule has 2 rings (SSSR count). The van der Waals surface area contributed by atoms with Crippen LogP contribution in [0.25, 0.3) is 0 Å². The quantitative estimate of drug-likeness (QED) is 0.796. The Balaban J connectivity index is 2.03. The van der Waals surface area contributed by atoms with Gasteiger partial charge in [-0.1, -0.05) is 22.0 Å². The molecule has 104 valence electrons.